The molecule has 33 heavy (non-hydrogen) atoms. The summed E-state index contributed by atoms with van der Waals surface area (Å²) in [6.45, 7) is 5.15. The highest BCUT2D eigenvalue weighted by atomic mass is 16.4. The summed E-state index contributed by atoms with van der Waals surface area (Å²) in [4.78, 5) is 60.3. The molecule has 0 spiro atoms. The second kappa shape index (κ2) is 15.1. The number of nitrogens with two attached hydrogens (primary N) is 2. The van der Waals surface area contributed by atoms with Crippen LogP contribution in [0.2, 0.25) is 0 Å². The summed E-state index contributed by atoms with van der Waals surface area (Å²) in [6, 6.07) is -5.33. The number of aliphatic carboxylic acids is 2. The van der Waals surface area contributed by atoms with Gasteiger partial charge in [-0.25, -0.2) is 4.79 Å². The molecule has 0 saturated heterocycles. The summed E-state index contributed by atoms with van der Waals surface area (Å²) in [7, 11) is 0. The molecule has 3 amide bonds. The first-order valence-electron chi connectivity index (χ1n) is 10.8. The Morgan fingerprint density at radius 1 is 0.818 bits per heavy atom. The average Bonchev–Trinajstić information content (AvgIpc) is 2.70. The van der Waals surface area contributed by atoms with Gasteiger partial charge in [0.05, 0.1) is 12.5 Å². The molecule has 190 valence electrons. The van der Waals surface area contributed by atoms with Gasteiger partial charge in [0, 0.05) is 0 Å². The second-order valence-corrected chi connectivity index (χ2v) is 8.30. The maximum Gasteiger partial charge on any atom is 0.326 e. The van der Waals surface area contributed by atoms with Gasteiger partial charge in [0.25, 0.3) is 0 Å². The van der Waals surface area contributed by atoms with Crippen molar-refractivity contribution in [3.8, 4) is 0 Å². The van der Waals surface area contributed by atoms with E-state index >= 15 is 0 Å². The lowest BCUT2D eigenvalue weighted by atomic mass is 10.0. The minimum Gasteiger partial charge on any atom is -0.481 e. The molecular weight excluding hydrogens is 438 g/mol. The lowest BCUT2D eigenvalue weighted by Crippen LogP contribution is -2.58. The summed E-state index contributed by atoms with van der Waals surface area (Å²) in [6.07, 6.45) is -0.794. The predicted molar refractivity (Wildman–Crippen MR) is 118 cm³/mol. The topological polar surface area (TPSA) is 234 Å². The Kier molecular flexibility index (Phi) is 13.9. The number of aliphatic hydroxyl groups excluding tert-OH is 1. The van der Waals surface area contributed by atoms with Crippen LogP contribution in [0.15, 0.2) is 0 Å². The lowest BCUT2D eigenvalue weighted by molar-refractivity contribution is -0.144. The quantitative estimate of drug-likeness (QED) is 0.113. The monoisotopic (exact) mass is 475 g/mol. The molecule has 5 unspecified atom stereocenters. The molecular formula is C20H37N5O8. The molecule has 10 N–H and O–H groups in total. The van der Waals surface area contributed by atoms with E-state index < -0.39 is 66.4 Å². The van der Waals surface area contributed by atoms with Crippen molar-refractivity contribution in [2.24, 2.45) is 17.4 Å². The Labute approximate surface area is 192 Å². The van der Waals surface area contributed by atoms with Crippen molar-refractivity contribution >= 4 is 29.7 Å². The molecule has 0 aliphatic heterocycles. The first kappa shape index (κ1) is 30.2. The van der Waals surface area contributed by atoms with Crippen molar-refractivity contribution in [1.82, 2.24) is 16.0 Å². The van der Waals surface area contributed by atoms with Gasteiger partial charge >= 0.3 is 11.9 Å². The first-order chi connectivity index (χ1) is 15.3. The van der Waals surface area contributed by atoms with Crippen LogP contribution in [0, 0.1) is 5.92 Å². The second-order valence-electron chi connectivity index (χ2n) is 8.30. The van der Waals surface area contributed by atoms with Gasteiger partial charge in [0.15, 0.2) is 0 Å². The third-order valence-corrected chi connectivity index (χ3v) is 4.74. The van der Waals surface area contributed by atoms with Crippen LogP contribution in [0.4, 0.5) is 0 Å². The molecule has 0 aromatic heterocycles. The van der Waals surface area contributed by atoms with Gasteiger partial charge in [-0.05, 0) is 45.1 Å². The number of hydrogen-bond donors (Lipinski definition) is 8. The van der Waals surface area contributed by atoms with Gasteiger partial charge in [-0.15, -0.1) is 0 Å². The van der Waals surface area contributed by atoms with Crippen LogP contribution in [0.5, 0.6) is 0 Å². The molecule has 5 atom stereocenters. The smallest absolute Gasteiger partial charge is 0.326 e. The first-order valence-corrected chi connectivity index (χ1v) is 10.8. The minimum atomic E-state index is -1.58. The van der Waals surface area contributed by atoms with E-state index in [-0.39, 0.29) is 18.8 Å². The Balaban J connectivity index is 5.53. The molecule has 0 fully saturated rings. The number of carbonyl (C=O) groups excluding carboxylic acids is 3. The SMILES string of the molecule is CC(C)CC(NC(=O)C(CC(=O)O)NC(=O)C(CCCCN)NC(=O)C(N)C(C)O)C(=O)O. The molecule has 0 aromatic rings. The molecule has 0 aromatic carbocycles. The zero-order valence-electron chi connectivity index (χ0n) is 19.2. The Morgan fingerprint density at radius 2 is 1.33 bits per heavy atom. The zero-order chi connectivity index (χ0) is 25.7. The van der Waals surface area contributed by atoms with Crippen molar-refractivity contribution in [3.63, 3.8) is 0 Å². The molecule has 0 bridgehead atoms. The highest BCUT2D eigenvalue weighted by Gasteiger charge is 2.32. The molecule has 0 rings (SSSR count). The maximum atomic E-state index is 12.8. The van der Waals surface area contributed by atoms with Gasteiger partial charge in [0.2, 0.25) is 17.7 Å². The summed E-state index contributed by atoms with van der Waals surface area (Å²) < 4.78 is 0. The van der Waals surface area contributed by atoms with E-state index in [9.17, 15) is 34.2 Å². The molecule has 0 aliphatic carbocycles. The van der Waals surface area contributed by atoms with Crippen molar-refractivity contribution < 1.29 is 39.3 Å². The van der Waals surface area contributed by atoms with Crippen LogP contribution in [0.25, 0.3) is 0 Å². The normalized spacial score (nSPS) is 15.6. The van der Waals surface area contributed by atoms with Crippen LogP contribution >= 0.6 is 0 Å². The molecule has 13 heteroatoms. The number of nitrogens with one attached hydrogen (secondary N) is 3. The minimum absolute atomic E-state index is 0.0702. The summed E-state index contributed by atoms with van der Waals surface area (Å²) in [5.74, 6) is -5.40. The van der Waals surface area contributed by atoms with Gasteiger partial charge in [0.1, 0.15) is 24.2 Å². The standard InChI is InChI=1S/C20H37N5O8/c1-10(2)8-14(20(32)33)25-18(30)13(9-15(27)28)24-17(29)12(6-4-5-7-21)23-19(31)16(22)11(3)26/h10-14,16,26H,4-9,21-22H2,1-3H3,(H,23,31)(H,24,29)(H,25,30)(H,27,28)(H,32,33). The van der Waals surface area contributed by atoms with Gasteiger partial charge < -0.3 is 42.7 Å². The lowest BCUT2D eigenvalue weighted by Gasteiger charge is -2.25. The van der Waals surface area contributed by atoms with Gasteiger partial charge in [-0.2, -0.15) is 0 Å². The zero-order valence-corrected chi connectivity index (χ0v) is 19.2. The number of amides is 3. The van der Waals surface area contributed by atoms with Gasteiger partial charge in [-0.1, -0.05) is 13.8 Å². The Hall–Kier alpha value is -2.77. The highest BCUT2D eigenvalue weighted by molar-refractivity contribution is 5.95. The van der Waals surface area contributed by atoms with E-state index in [0.717, 1.165) is 0 Å². The summed E-state index contributed by atoms with van der Waals surface area (Å²) in [5, 5.41) is 34.9. The molecule has 0 saturated carbocycles. The number of aliphatic hydroxyl groups is 1. The number of carboxylic acids is 2. The van der Waals surface area contributed by atoms with Crippen LogP contribution in [-0.4, -0.2) is 81.8 Å². The Bertz CT molecular complexity index is 685. The third-order valence-electron chi connectivity index (χ3n) is 4.74. The van der Waals surface area contributed by atoms with E-state index in [0.29, 0.717) is 19.4 Å². The van der Waals surface area contributed by atoms with E-state index in [2.05, 4.69) is 16.0 Å². The molecule has 0 aliphatic rings. The Morgan fingerprint density at radius 3 is 1.79 bits per heavy atom. The maximum absolute atomic E-state index is 12.8. The van der Waals surface area contributed by atoms with E-state index in [1.165, 1.54) is 6.92 Å². The molecule has 0 radical (unpaired) electrons. The van der Waals surface area contributed by atoms with Crippen LogP contribution in [0.3, 0.4) is 0 Å². The van der Waals surface area contributed by atoms with Crippen LogP contribution in [-0.2, 0) is 24.0 Å². The molecule has 13 nitrogen and oxygen atoms in total. The predicted octanol–water partition coefficient (Wildman–Crippen LogP) is -2.12. The largest absolute Gasteiger partial charge is 0.481 e. The van der Waals surface area contributed by atoms with E-state index in [1.54, 1.807) is 13.8 Å². The highest BCUT2D eigenvalue weighted by Crippen LogP contribution is 2.07. The fraction of sp³-hybridized carbons (Fsp3) is 0.750. The summed E-state index contributed by atoms with van der Waals surface area (Å²) in [5.41, 5.74) is 11.0. The average molecular weight is 476 g/mol. The number of carbonyl (C=O) groups is 5. The number of unbranched alkanes of at least 4 members (excludes halogenated alkanes) is 1. The number of carboxylic acid groups (broad SMARTS) is 2. The van der Waals surface area contributed by atoms with E-state index in [4.69, 9.17) is 16.6 Å². The van der Waals surface area contributed by atoms with Crippen molar-refractivity contribution in [1.29, 1.82) is 0 Å². The molecule has 0 heterocycles. The van der Waals surface area contributed by atoms with Crippen molar-refractivity contribution in [2.75, 3.05) is 6.54 Å². The fourth-order valence-corrected chi connectivity index (χ4v) is 2.87. The number of rotatable bonds is 16. The van der Waals surface area contributed by atoms with Gasteiger partial charge in [-0.3, -0.25) is 19.2 Å². The number of hydrogen-bond acceptors (Lipinski definition) is 8. The van der Waals surface area contributed by atoms with E-state index in [1.807, 2.05) is 0 Å². The summed E-state index contributed by atoms with van der Waals surface area (Å²) >= 11 is 0. The van der Waals surface area contributed by atoms with Crippen LogP contribution < -0.4 is 27.4 Å². The van der Waals surface area contributed by atoms with Crippen molar-refractivity contribution in [2.45, 2.75) is 83.1 Å². The fourth-order valence-electron chi connectivity index (χ4n) is 2.87. The van der Waals surface area contributed by atoms with Crippen LogP contribution in [0.1, 0.15) is 52.9 Å². The van der Waals surface area contributed by atoms with Crippen molar-refractivity contribution in [3.05, 3.63) is 0 Å². The third kappa shape index (κ3) is 12.2.